The molecule has 3 aromatic carbocycles. The van der Waals surface area contributed by atoms with Gasteiger partial charge in [0, 0.05) is 34.8 Å². The van der Waals surface area contributed by atoms with Gasteiger partial charge in [-0.1, -0.05) is 50.6 Å². The van der Waals surface area contributed by atoms with Gasteiger partial charge in [0.1, 0.15) is 11.6 Å². The number of hydrogen-bond donors (Lipinski definition) is 4. The fourth-order valence-electron chi connectivity index (χ4n) is 6.68. The van der Waals surface area contributed by atoms with Crippen molar-refractivity contribution in [2.45, 2.75) is 77.3 Å². The molecule has 5 N–H and O–H groups in total. The smallest absolute Gasteiger partial charge is 0.324 e. The number of nitrogen functional groups attached to an aromatic ring is 1. The zero-order chi connectivity index (χ0) is 31.9. The first kappa shape index (κ1) is 30.2. The maximum atomic E-state index is 13.3. The van der Waals surface area contributed by atoms with E-state index in [1.54, 1.807) is 16.8 Å². The number of aromatic hydroxyl groups is 1. The lowest BCUT2D eigenvalue weighted by atomic mass is 9.85. The van der Waals surface area contributed by atoms with Gasteiger partial charge >= 0.3 is 6.03 Å². The molecule has 4 aromatic rings. The number of urea groups is 1. The molecule has 0 aliphatic carbocycles. The normalized spacial score (nSPS) is 19.4. The highest BCUT2D eigenvalue weighted by Gasteiger charge is 2.43. The Bertz CT molecular complexity index is 1690. The Labute approximate surface area is 264 Å². The second-order valence-corrected chi connectivity index (χ2v) is 13.6. The van der Waals surface area contributed by atoms with Crippen molar-refractivity contribution in [2.24, 2.45) is 5.92 Å². The number of anilines is 3. The Kier molecular flexibility index (Phi) is 8.03. The second kappa shape index (κ2) is 12.0. The molecule has 3 heterocycles. The van der Waals surface area contributed by atoms with Crippen molar-refractivity contribution in [1.29, 1.82) is 0 Å². The number of amides is 3. The maximum Gasteiger partial charge on any atom is 0.324 e. The standard InChI is InChI=1S/C36H42N6O3/c1-22-5-12-27(13-6-22)42-33(21-32(40-42)36(2,3)4)39-35(45)38-26-10-7-23(8-11-26)17-24-18-28-14-15-29(19-24)41(28)34(44)25-9-16-31(43)30(37)20-25/h5-13,16,20-21,24,28-29,43H,14-15,17-19,37H2,1-4H3,(H2,38,39,45). The molecule has 1 aromatic heterocycles. The van der Waals surface area contributed by atoms with Crippen LogP contribution in [0.3, 0.4) is 0 Å². The predicted octanol–water partition coefficient (Wildman–Crippen LogP) is 7.04. The third kappa shape index (κ3) is 6.53. The third-order valence-electron chi connectivity index (χ3n) is 9.07. The van der Waals surface area contributed by atoms with Crippen LogP contribution in [0.2, 0.25) is 0 Å². The number of aryl methyl sites for hydroxylation is 1. The number of nitrogens with one attached hydrogen (secondary N) is 2. The monoisotopic (exact) mass is 606 g/mol. The highest BCUT2D eigenvalue weighted by atomic mass is 16.3. The van der Waals surface area contributed by atoms with E-state index in [0.29, 0.717) is 23.0 Å². The van der Waals surface area contributed by atoms with E-state index in [1.165, 1.54) is 11.6 Å². The Morgan fingerprint density at radius 2 is 1.60 bits per heavy atom. The molecule has 2 unspecified atom stereocenters. The summed E-state index contributed by atoms with van der Waals surface area (Å²) in [5.41, 5.74) is 11.3. The Morgan fingerprint density at radius 1 is 0.933 bits per heavy atom. The van der Waals surface area contributed by atoms with Gasteiger partial charge in [0.2, 0.25) is 0 Å². The lowest BCUT2D eigenvalue weighted by Crippen LogP contribution is -2.46. The van der Waals surface area contributed by atoms with Crippen LogP contribution in [0.25, 0.3) is 5.69 Å². The van der Waals surface area contributed by atoms with Crippen LogP contribution in [0.15, 0.2) is 72.8 Å². The van der Waals surface area contributed by atoms with Crippen molar-refractivity contribution < 1.29 is 14.7 Å². The number of hydrogen-bond acceptors (Lipinski definition) is 5. The van der Waals surface area contributed by atoms with Gasteiger partial charge in [0.25, 0.3) is 5.91 Å². The van der Waals surface area contributed by atoms with E-state index in [-0.39, 0.29) is 40.9 Å². The number of phenolic OH excluding ortho intramolecular Hbond substituents is 1. The third-order valence-corrected chi connectivity index (χ3v) is 9.07. The molecular weight excluding hydrogens is 564 g/mol. The van der Waals surface area contributed by atoms with Crippen LogP contribution in [-0.4, -0.2) is 43.8 Å². The van der Waals surface area contributed by atoms with Gasteiger partial charge in [-0.3, -0.25) is 10.1 Å². The van der Waals surface area contributed by atoms with E-state index in [9.17, 15) is 14.7 Å². The molecule has 0 saturated carbocycles. The molecule has 2 atom stereocenters. The predicted molar refractivity (Wildman–Crippen MR) is 178 cm³/mol. The van der Waals surface area contributed by atoms with E-state index >= 15 is 0 Å². The summed E-state index contributed by atoms with van der Waals surface area (Å²) in [7, 11) is 0. The van der Waals surface area contributed by atoms with Gasteiger partial charge < -0.3 is 21.1 Å². The first-order chi connectivity index (χ1) is 21.4. The summed E-state index contributed by atoms with van der Waals surface area (Å²) in [6.45, 7) is 8.34. The van der Waals surface area contributed by atoms with Crippen molar-refractivity contribution in [3.8, 4) is 11.4 Å². The van der Waals surface area contributed by atoms with Crippen molar-refractivity contribution in [3.05, 3.63) is 95.2 Å². The van der Waals surface area contributed by atoms with Crippen molar-refractivity contribution in [3.63, 3.8) is 0 Å². The summed E-state index contributed by atoms with van der Waals surface area (Å²) in [6, 6.07) is 22.8. The average Bonchev–Trinajstić information content (AvgIpc) is 3.54. The number of carbonyl (C=O) groups is 2. The molecule has 45 heavy (non-hydrogen) atoms. The summed E-state index contributed by atoms with van der Waals surface area (Å²) < 4.78 is 1.77. The van der Waals surface area contributed by atoms with Gasteiger partial charge in [-0.25, -0.2) is 9.48 Å². The number of nitrogens with two attached hydrogens (primary N) is 1. The van der Waals surface area contributed by atoms with Crippen LogP contribution < -0.4 is 16.4 Å². The van der Waals surface area contributed by atoms with Crippen LogP contribution in [0.5, 0.6) is 5.75 Å². The molecule has 9 heteroatoms. The van der Waals surface area contributed by atoms with Gasteiger partial charge in [-0.05, 0) is 93.0 Å². The molecule has 2 bridgehead atoms. The number of aromatic nitrogens is 2. The Balaban J connectivity index is 1.07. The minimum Gasteiger partial charge on any atom is -0.506 e. The van der Waals surface area contributed by atoms with Crippen molar-refractivity contribution in [2.75, 3.05) is 16.4 Å². The maximum absolute atomic E-state index is 13.3. The molecule has 0 spiro atoms. The molecule has 2 fully saturated rings. The Morgan fingerprint density at radius 3 is 2.22 bits per heavy atom. The van der Waals surface area contributed by atoms with E-state index in [1.807, 2.05) is 54.3 Å². The van der Waals surface area contributed by atoms with Crippen LogP contribution >= 0.6 is 0 Å². The number of carbonyl (C=O) groups excluding carboxylic acids is 2. The molecular formula is C36H42N6O3. The van der Waals surface area contributed by atoms with E-state index in [0.717, 1.165) is 49.0 Å². The number of phenols is 1. The lowest BCUT2D eigenvalue weighted by molar-refractivity contribution is 0.0524. The van der Waals surface area contributed by atoms with Crippen LogP contribution in [0.1, 0.15) is 73.6 Å². The van der Waals surface area contributed by atoms with E-state index < -0.39 is 0 Å². The van der Waals surface area contributed by atoms with Gasteiger partial charge in [-0.2, -0.15) is 5.10 Å². The van der Waals surface area contributed by atoms with Crippen LogP contribution in [0, 0.1) is 12.8 Å². The average molecular weight is 607 g/mol. The molecule has 2 aliphatic heterocycles. The van der Waals surface area contributed by atoms with Crippen LogP contribution in [-0.2, 0) is 11.8 Å². The van der Waals surface area contributed by atoms with E-state index in [4.69, 9.17) is 10.8 Å². The van der Waals surface area contributed by atoms with Gasteiger partial charge in [0.05, 0.1) is 17.1 Å². The fraction of sp³-hybridized carbons (Fsp3) is 0.361. The largest absolute Gasteiger partial charge is 0.506 e. The molecule has 0 radical (unpaired) electrons. The molecule has 234 valence electrons. The van der Waals surface area contributed by atoms with Gasteiger partial charge in [-0.15, -0.1) is 0 Å². The minimum atomic E-state index is -0.333. The fourth-order valence-corrected chi connectivity index (χ4v) is 6.68. The number of piperidine rings is 1. The number of nitrogens with zero attached hydrogens (tertiary/aromatic N) is 3. The highest BCUT2D eigenvalue weighted by Crippen LogP contribution is 2.41. The first-order valence-electron chi connectivity index (χ1n) is 15.7. The minimum absolute atomic E-state index is 0.00194. The molecule has 2 aliphatic rings. The summed E-state index contributed by atoms with van der Waals surface area (Å²) in [6.07, 6.45) is 4.88. The van der Waals surface area contributed by atoms with E-state index in [2.05, 4.69) is 43.5 Å². The quantitative estimate of drug-likeness (QED) is 0.138. The molecule has 6 rings (SSSR count). The summed E-state index contributed by atoms with van der Waals surface area (Å²) in [5.74, 6) is 1.08. The Hall–Kier alpha value is -4.79. The molecule has 9 nitrogen and oxygen atoms in total. The first-order valence-corrected chi connectivity index (χ1v) is 15.7. The van der Waals surface area contributed by atoms with Gasteiger partial charge in [0.15, 0.2) is 0 Å². The zero-order valence-electron chi connectivity index (χ0n) is 26.4. The topological polar surface area (TPSA) is 126 Å². The second-order valence-electron chi connectivity index (χ2n) is 13.6. The summed E-state index contributed by atoms with van der Waals surface area (Å²) in [4.78, 5) is 28.4. The highest BCUT2D eigenvalue weighted by molar-refractivity contribution is 5.99. The summed E-state index contributed by atoms with van der Waals surface area (Å²) >= 11 is 0. The van der Waals surface area contributed by atoms with Crippen molar-refractivity contribution >= 4 is 29.1 Å². The zero-order valence-corrected chi connectivity index (χ0v) is 26.4. The van der Waals surface area contributed by atoms with Crippen molar-refractivity contribution in [1.82, 2.24) is 14.7 Å². The SMILES string of the molecule is Cc1ccc(-n2nc(C(C)(C)C)cc2NC(=O)Nc2ccc(CC3CC4CCC(C3)N4C(=O)c3ccc(O)c(N)c3)cc2)cc1. The number of benzene rings is 3. The van der Waals surface area contributed by atoms with Crippen LogP contribution in [0.4, 0.5) is 22.0 Å². The summed E-state index contributed by atoms with van der Waals surface area (Å²) in [5, 5.41) is 20.5. The lowest BCUT2D eigenvalue weighted by Gasteiger charge is -2.39. The molecule has 3 amide bonds. The molecule has 2 saturated heterocycles. The number of rotatable bonds is 6. The number of fused-ring (bicyclic) bond motifs is 2.